The lowest BCUT2D eigenvalue weighted by Gasteiger charge is -2.23. The number of benzene rings is 1. The van der Waals surface area contributed by atoms with Gasteiger partial charge in [-0.15, -0.1) is 0 Å². The number of fused-ring (bicyclic) bond motifs is 1. The first kappa shape index (κ1) is 14.4. The largest absolute Gasteiger partial charge is 0.384 e. The number of aryl methyl sites for hydroxylation is 1. The fourth-order valence-corrected chi connectivity index (χ4v) is 2.79. The van der Waals surface area contributed by atoms with E-state index in [1.807, 2.05) is 13.8 Å². The van der Waals surface area contributed by atoms with Crippen molar-refractivity contribution < 1.29 is 9.18 Å². The normalized spacial score (nSPS) is 17.1. The van der Waals surface area contributed by atoms with E-state index in [1.165, 1.54) is 6.07 Å². The Balaban J connectivity index is 2.26. The van der Waals surface area contributed by atoms with E-state index in [9.17, 15) is 9.18 Å². The van der Waals surface area contributed by atoms with Crippen molar-refractivity contribution in [2.45, 2.75) is 26.2 Å². The number of hydrogen-bond acceptors (Lipinski definition) is 4. The Morgan fingerprint density at radius 1 is 1.32 bits per heavy atom. The van der Waals surface area contributed by atoms with Crippen LogP contribution >= 0.6 is 0 Å². The van der Waals surface area contributed by atoms with Crippen LogP contribution in [-0.4, -0.2) is 16.5 Å². The zero-order valence-corrected chi connectivity index (χ0v) is 12.4. The molecule has 0 radical (unpaired) electrons. The highest BCUT2D eigenvalue weighted by atomic mass is 19.1. The average molecular weight is 297 g/mol. The molecule has 0 fully saturated rings. The summed E-state index contributed by atoms with van der Waals surface area (Å²) in [7, 11) is 0. The van der Waals surface area contributed by atoms with Crippen LogP contribution in [0.3, 0.4) is 0 Å². The van der Waals surface area contributed by atoms with Gasteiger partial charge in [0.1, 0.15) is 17.3 Å². The van der Waals surface area contributed by atoms with Crippen LogP contribution in [0.25, 0.3) is 0 Å². The number of ketones is 1. The summed E-state index contributed by atoms with van der Waals surface area (Å²) in [5, 5.41) is 0. The Hall–Kier alpha value is -2.56. The number of nitrogens with zero attached hydrogens (tertiary/aromatic N) is 2. The van der Waals surface area contributed by atoms with Gasteiger partial charge in [-0.3, -0.25) is 4.79 Å². The number of pyridine rings is 1. The summed E-state index contributed by atoms with van der Waals surface area (Å²) in [6.07, 6.45) is 0.565. The summed E-state index contributed by atoms with van der Waals surface area (Å²) < 4.78 is 14.1. The molecule has 0 bridgehead atoms. The molecule has 1 atom stereocenters. The first-order chi connectivity index (χ1) is 10.5. The van der Waals surface area contributed by atoms with E-state index >= 15 is 0 Å². The Morgan fingerprint density at radius 2 is 2.05 bits per heavy atom. The smallest absolute Gasteiger partial charge is 0.191 e. The number of halogens is 1. The molecule has 112 valence electrons. The van der Waals surface area contributed by atoms with E-state index in [0.29, 0.717) is 23.6 Å². The number of carbonyl (C=O) groups excluding carboxylic acids is 1. The SMILES string of the molecule is CCC1C(=O)C(c2ccccc2F)=Nc2c(C)cc(N)nc21. The third kappa shape index (κ3) is 2.19. The van der Waals surface area contributed by atoms with Crippen LogP contribution in [0.2, 0.25) is 0 Å². The van der Waals surface area contributed by atoms with Gasteiger partial charge in [-0.1, -0.05) is 19.1 Å². The van der Waals surface area contributed by atoms with Crippen molar-refractivity contribution in [3.05, 3.63) is 53.0 Å². The molecule has 22 heavy (non-hydrogen) atoms. The summed E-state index contributed by atoms with van der Waals surface area (Å²) >= 11 is 0. The van der Waals surface area contributed by atoms with Gasteiger partial charge < -0.3 is 5.73 Å². The molecule has 2 N–H and O–H groups in total. The van der Waals surface area contributed by atoms with E-state index in [-0.39, 0.29) is 17.1 Å². The molecule has 4 nitrogen and oxygen atoms in total. The molecule has 3 rings (SSSR count). The summed E-state index contributed by atoms with van der Waals surface area (Å²) in [6, 6.07) is 7.90. The number of aromatic nitrogens is 1. The van der Waals surface area contributed by atoms with E-state index in [1.54, 1.807) is 24.3 Å². The van der Waals surface area contributed by atoms with Gasteiger partial charge in [-0.2, -0.15) is 0 Å². The quantitative estimate of drug-likeness (QED) is 0.924. The standard InChI is InChI=1S/C17H16FN3O/c1-3-10-15-14(9(2)8-13(19)20-15)21-16(17(10)22)11-6-4-5-7-12(11)18/h4-8,10H,3H2,1-2H3,(H2,19,20). The van der Waals surface area contributed by atoms with Gasteiger partial charge in [0.15, 0.2) is 5.78 Å². The number of nitrogens with two attached hydrogens (primary N) is 1. The number of nitrogen functional groups attached to an aromatic ring is 1. The number of carbonyl (C=O) groups is 1. The van der Waals surface area contributed by atoms with Gasteiger partial charge in [0.2, 0.25) is 0 Å². The summed E-state index contributed by atoms with van der Waals surface area (Å²) in [6.45, 7) is 3.76. The zero-order chi connectivity index (χ0) is 15.9. The average Bonchev–Trinajstić information content (AvgIpc) is 2.48. The maximum atomic E-state index is 14.1. The predicted octanol–water partition coefficient (Wildman–Crippen LogP) is 3.31. The molecule has 2 heterocycles. The maximum absolute atomic E-state index is 14.1. The van der Waals surface area contributed by atoms with Crippen molar-refractivity contribution in [3.63, 3.8) is 0 Å². The van der Waals surface area contributed by atoms with Crippen LogP contribution in [0, 0.1) is 12.7 Å². The minimum Gasteiger partial charge on any atom is -0.384 e. The molecule has 1 aromatic heterocycles. The fourth-order valence-electron chi connectivity index (χ4n) is 2.79. The second-order valence-corrected chi connectivity index (χ2v) is 5.36. The van der Waals surface area contributed by atoms with E-state index in [4.69, 9.17) is 5.73 Å². The first-order valence-electron chi connectivity index (χ1n) is 7.17. The Kier molecular flexibility index (Phi) is 3.48. The molecular formula is C17H16FN3O. The lowest BCUT2D eigenvalue weighted by Crippen LogP contribution is -2.28. The van der Waals surface area contributed by atoms with Gasteiger partial charge in [0, 0.05) is 5.56 Å². The van der Waals surface area contributed by atoms with Crippen molar-refractivity contribution in [1.29, 1.82) is 0 Å². The van der Waals surface area contributed by atoms with E-state index in [2.05, 4.69) is 9.98 Å². The molecule has 0 spiro atoms. The van der Waals surface area contributed by atoms with Crippen molar-refractivity contribution in [2.24, 2.45) is 4.99 Å². The van der Waals surface area contributed by atoms with E-state index in [0.717, 1.165) is 5.56 Å². The van der Waals surface area contributed by atoms with E-state index < -0.39 is 11.7 Å². The van der Waals surface area contributed by atoms with Gasteiger partial charge in [-0.05, 0) is 37.1 Å². The minimum absolute atomic E-state index is 0.159. The van der Waals surface area contributed by atoms with Gasteiger partial charge >= 0.3 is 0 Å². The molecule has 0 saturated heterocycles. The molecule has 0 aliphatic carbocycles. The Bertz CT molecular complexity index is 798. The number of rotatable bonds is 2. The zero-order valence-electron chi connectivity index (χ0n) is 12.4. The number of hydrogen-bond donors (Lipinski definition) is 1. The first-order valence-corrected chi connectivity index (χ1v) is 7.17. The molecule has 0 amide bonds. The van der Waals surface area contributed by atoms with Crippen LogP contribution in [0.5, 0.6) is 0 Å². The second-order valence-electron chi connectivity index (χ2n) is 5.36. The monoisotopic (exact) mass is 297 g/mol. The molecule has 5 heteroatoms. The van der Waals surface area contributed by atoms with Crippen molar-refractivity contribution in [3.8, 4) is 0 Å². The highest BCUT2D eigenvalue weighted by molar-refractivity contribution is 6.49. The second kappa shape index (κ2) is 5.33. The topological polar surface area (TPSA) is 68.3 Å². The molecule has 1 aliphatic heterocycles. The van der Waals surface area contributed by atoms with Crippen LogP contribution < -0.4 is 5.73 Å². The van der Waals surface area contributed by atoms with Crippen molar-refractivity contribution in [2.75, 3.05) is 5.73 Å². The molecule has 1 unspecified atom stereocenters. The summed E-state index contributed by atoms with van der Waals surface area (Å²) in [5.41, 5.74) is 8.22. The van der Waals surface area contributed by atoms with Crippen LogP contribution in [0.1, 0.15) is 36.1 Å². The highest BCUT2D eigenvalue weighted by Gasteiger charge is 2.34. The van der Waals surface area contributed by atoms with Crippen LogP contribution in [-0.2, 0) is 4.79 Å². The van der Waals surface area contributed by atoms with Crippen LogP contribution in [0.4, 0.5) is 15.9 Å². The highest BCUT2D eigenvalue weighted by Crippen LogP contribution is 2.37. The van der Waals surface area contributed by atoms with Crippen molar-refractivity contribution >= 4 is 23.0 Å². The Morgan fingerprint density at radius 3 is 2.73 bits per heavy atom. The molecule has 2 aromatic rings. The molecule has 1 aromatic carbocycles. The number of aliphatic imine (C=N–C) groups is 1. The molecular weight excluding hydrogens is 281 g/mol. The molecule has 0 saturated carbocycles. The third-order valence-corrected chi connectivity index (χ3v) is 3.87. The summed E-state index contributed by atoms with van der Waals surface area (Å²) in [5.74, 6) is -0.733. The number of anilines is 1. The fraction of sp³-hybridized carbons (Fsp3) is 0.235. The molecule has 1 aliphatic rings. The lowest BCUT2D eigenvalue weighted by atomic mass is 9.86. The van der Waals surface area contributed by atoms with Crippen LogP contribution in [0.15, 0.2) is 35.3 Å². The minimum atomic E-state index is -0.450. The number of Topliss-reactive ketones (excluding diaryl/α,β-unsaturated/α-hetero) is 1. The predicted molar refractivity (Wildman–Crippen MR) is 84.0 cm³/mol. The van der Waals surface area contributed by atoms with Gasteiger partial charge in [0.05, 0.1) is 17.3 Å². The third-order valence-electron chi connectivity index (χ3n) is 3.87. The Labute approximate surface area is 127 Å². The lowest BCUT2D eigenvalue weighted by molar-refractivity contribution is -0.114. The maximum Gasteiger partial charge on any atom is 0.191 e. The van der Waals surface area contributed by atoms with Crippen molar-refractivity contribution in [1.82, 2.24) is 4.98 Å². The van der Waals surface area contributed by atoms with Gasteiger partial charge in [0.25, 0.3) is 0 Å². The van der Waals surface area contributed by atoms with Gasteiger partial charge in [-0.25, -0.2) is 14.4 Å². The summed E-state index contributed by atoms with van der Waals surface area (Å²) in [4.78, 5) is 21.4.